The second kappa shape index (κ2) is 11.2. The van der Waals surface area contributed by atoms with Gasteiger partial charge >= 0.3 is 0 Å². The maximum atomic E-state index is 4.56. The van der Waals surface area contributed by atoms with Gasteiger partial charge in [-0.2, -0.15) is 0 Å². The minimum atomic E-state index is -2.65. The summed E-state index contributed by atoms with van der Waals surface area (Å²) >= 11 is 0. The number of benzene rings is 5. The van der Waals surface area contributed by atoms with Crippen LogP contribution in [0.4, 0.5) is 0 Å². The highest BCUT2D eigenvalue weighted by Gasteiger charge is 2.42. The van der Waals surface area contributed by atoms with E-state index in [0.29, 0.717) is 0 Å². The molecule has 0 radical (unpaired) electrons. The molecule has 2 aromatic heterocycles. The molecule has 9 rings (SSSR count). The van der Waals surface area contributed by atoms with Crippen LogP contribution in [0.1, 0.15) is 27.8 Å². The molecule has 2 nitrogen and oxygen atoms in total. The molecule has 222 valence electrons. The number of hydrogen-bond acceptors (Lipinski definition) is 2. The van der Waals surface area contributed by atoms with E-state index in [9.17, 15) is 0 Å². The quantitative estimate of drug-likeness (QED) is 0.215. The molecule has 0 fully saturated rings. The predicted octanol–water partition coefficient (Wildman–Crippen LogP) is 4.15. The van der Waals surface area contributed by atoms with Crippen molar-refractivity contribution in [3.05, 3.63) is 186 Å². The van der Waals surface area contributed by atoms with Crippen molar-refractivity contribution in [1.29, 1.82) is 0 Å². The molecule has 0 unspecified atom stereocenters. The van der Waals surface area contributed by atoms with Crippen molar-refractivity contribution >= 4 is 51.9 Å². The maximum Gasteiger partial charge on any atom is 0.246 e. The zero-order valence-corrected chi connectivity index (χ0v) is 27.4. The first-order valence-electron chi connectivity index (χ1n) is 16.5. The number of fused-ring (bicyclic) bond motifs is 4. The van der Waals surface area contributed by atoms with Crippen LogP contribution in [0.2, 0.25) is 0 Å². The zero-order valence-electron chi connectivity index (χ0n) is 26.4. The van der Waals surface area contributed by atoms with E-state index in [1.165, 1.54) is 76.1 Å². The normalized spacial score (nSPS) is 13.0. The van der Waals surface area contributed by atoms with Crippen molar-refractivity contribution in [3.8, 4) is 11.1 Å². The molecule has 0 bridgehead atoms. The van der Waals surface area contributed by atoms with Crippen LogP contribution in [-0.2, 0) is 12.8 Å². The molecule has 7 aromatic rings. The van der Waals surface area contributed by atoms with Gasteiger partial charge in [0.2, 0.25) is 6.71 Å². The van der Waals surface area contributed by atoms with Crippen LogP contribution in [0.15, 0.2) is 158 Å². The van der Waals surface area contributed by atoms with Crippen LogP contribution >= 0.6 is 0 Å². The van der Waals surface area contributed by atoms with Gasteiger partial charge in [-0.25, -0.2) is 0 Å². The monoisotopic (exact) mass is 616 g/mol. The van der Waals surface area contributed by atoms with Crippen molar-refractivity contribution < 1.29 is 0 Å². The lowest BCUT2D eigenvalue weighted by Gasteiger charge is -2.35. The Balaban J connectivity index is 1.27. The summed E-state index contributed by atoms with van der Waals surface area (Å²) < 4.78 is 0. The van der Waals surface area contributed by atoms with Crippen LogP contribution in [0, 0.1) is 6.92 Å². The van der Waals surface area contributed by atoms with Gasteiger partial charge in [0, 0.05) is 24.8 Å². The summed E-state index contributed by atoms with van der Waals surface area (Å²) in [7, 11) is -2.65. The van der Waals surface area contributed by atoms with E-state index in [1.54, 1.807) is 0 Å². The van der Waals surface area contributed by atoms with Gasteiger partial charge < -0.3 is 0 Å². The lowest BCUT2D eigenvalue weighted by Crippen LogP contribution is -2.74. The number of pyridine rings is 2. The van der Waals surface area contributed by atoms with E-state index in [4.69, 9.17) is 0 Å². The third kappa shape index (κ3) is 4.47. The Labute approximate surface area is 278 Å². The van der Waals surface area contributed by atoms with Crippen LogP contribution in [0.5, 0.6) is 0 Å². The molecule has 4 heteroatoms. The summed E-state index contributed by atoms with van der Waals surface area (Å²) in [6, 6.07) is 50.5. The van der Waals surface area contributed by atoms with Crippen molar-refractivity contribution in [2.24, 2.45) is 0 Å². The predicted molar refractivity (Wildman–Crippen MR) is 199 cm³/mol. The molecule has 5 aromatic carbocycles. The number of rotatable bonds is 5. The summed E-state index contributed by atoms with van der Waals surface area (Å²) in [5.41, 5.74) is 13.5. The minimum Gasteiger partial charge on any atom is -0.265 e. The second-order valence-electron chi connectivity index (χ2n) is 13.1. The molecule has 0 aliphatic carbocycles. The van der Waals surface area contributed by atoms with Crippen molar-refractivity contribution in [2.75, 3.05) is 0 Å². The Morgan fingerprint density at radius 2 is 1.02 bits per heavy atom. The molecule has 0 saturated heterocycles. The van der Waals surface area contributed by atoms with Crippen molar-refractivity contribution in [2.45, 2.75) is 19.8 Å². The fourth-order valence-electron chi connectivity index (χ4n) is 8.40. The van der Waals surface area contributed by atoms with Gasteiger partial charge in [-0.15, -0.1) is 0 Å². The molecule has 2 aliphatic rings. The van der Waals surface area contributed by atoms with Crippen LogP contribution < -0.4 is 37.1 Å². The maximum absolute atomic E-state index is 4.56. The van der Waals surface area contributed by atoms with Crippen LogP contribution in [0.25, 0.3) is 11.1 Å². The first-order chi connectivity index (χ1) is 23.2. The molecule has 2 aliphatic heterocycles. The fraction of sp³-hybridized carbons (Fsp3) is 0.0698. The third-order valence-electron chi connectivity index (χ3n) is 10.4. The van der Waals surface area contributed by atoms with Crippen LogP contribution in [0.3, 0.4) is 0 Å². The molecule has 0 saturated carbocycles. The van der Waals surface area contributed by atoms with Gasteiger partial charge in [-0.1, -0.05) is 132 Å². The van der Waals surface area contributed by atoms with Gasteiger partial charge in [0.25, 0.3) is 0 Å². The molecule has 0 N–H and O–H groups in total. The van der Waals surface area contributed by atoms with E-state index in [-0.39, 0.29) is 6.71 Å². The Bertz CT molecular complexity index is 2170. The average Bonchev–Trinajstić information content (AvgIpc) is 3.13. The summed E-state index contributed by atoms with van der Waals surface area (Å²) in [5.74, 6) is 0. The lowest BCUT2D eigenvalue weighted by atomic mass is 9.31. The number of aromatic nitrogens is 2. The zero-order chi connectivity index (χ0) is 31.4. The lowest BCUT2D eigenvalue weighted by molar-refractivity contribution is 1.13. The molecule has 4 heterocycles. The average molecular weight is 617 g/mol. The van der Waals surface area contributed by atoms with Gasteiger partial charge in [0.15, 0.2) is 8.07 Å². The molecule has 0 amide bonds. The summed E-state index contributed by atoms with van der Waals surface area (Å²) in [6.45, 7) is 2.40. The number of aryl methyl sites for hydroxylation is 1. The van der Waals surface area contributed by atoms with Gasteiger partial charge in [-0.3, -0.25) is 9.97 Å². The highest BCUT2D eigenvalue weighted by molar-refractivity contribution is 7.20. The molecule has 47 heavy (non-hydrogen) atoms. The largest absolute Gasteiger partial charge is 0.265 e. The van der Waals surface area contributed by atoms with Gasteiger partial charge in [0.1, 0.15) is 0 Å². The Morgan fingerprint density at radius 1 is 0.489 bits per heavy atom. The summed E-state index contributed by atoms with van der Waals surface area (Å²) in [6.07, 6.45) is 9.89. The van der Waals surface area contributed by atoms with Crippen LogP contribution in [-0.4, -0.2) is 24.8 Å². The molecular weight excluding hydrogens is 583 g/mol. The second-order valence-corrected chi connectivity index (χ2v) is 16.9. The Kier molecular flexibility index (Phi) is 6.65. The van der Waals surface area contributed by atoms with E-state index >= 15 is 0 Å². The number of nitrogens with zero attached hydrogens (tertiary/aromatic N) is 2. The standard InChI is InChI=1S/C43H33BN2Si/c1-30-10-8-16-39(22-30)47(37-12-4-2-5-13-37,38-14-6-3-7-15-38)40-17-9-11-31(27-40)34-25-35-23-32-18-20-45-28-41(32)44-42-29-46-21-19-33(42)24-36(26-34)43(35)44/h2-22,25-29H,23-24H2,1H3. The van der Waals surface area contributed by atoms with E-state index < -0.39 is 8.07 Å². The Morgan fingerprint density at radius 3 is 1.60 bits per heavy atom. The first-order valence-corrected chi connectivity index (χ1v) is 18.5. The summed E-state index contributed by atoms with van der Waals surface area (Å²) in [5, 5.41) is 5.60. The smallest absolute Gasteiger partial charge is 0.246 e. The highest BCUT2D eigenvalue weighted by atomic mass is 28.3. The van der Waals surface area contributed by atoms with Crippen molar-refractivity contribution in [1.82, 2.24) is 9.97 Å². The fourth-order valence-corrected chi connectivity index (χ4v) is 13.3. The SMILES string of the molecule is Cc1cccc([Si](c2ccccc2)(c2ccccc2)c2cccc(-c3cc4c5c(c3)Cc3ccncc3B5c3cnccc3C4)c2)c1. The molecule has 0 spiro atoms. The Hall–Kier alpha value is -5.32. The van der Waals surface area contributed by atoms with E-state index in [0.717, 1.165) is 12.8 Å². The topological polar surface area (TPSA) is 25.8 Å². The summed E-state index contributed by atoms with van der Waals surface area (Å²) in [4.78, 5) is 9.11. The van der Waals surface area contributed by atoms with Gasteiger partial charge in [0.05, 0.1) is 0 Å². The van der Waals surface area contributed by atoms with E-state index in [1.807, 2.05) is 12.4 Å². The first kappa shape index (κ1) is 27.9. The number of hydrogen-bond donors (Lipinski definition) is 0. The van der Waals surface area contributed by atoms with Crippen molar-refractivity contribution in [3.63, 3.8) is 0 Å². The highest BCUT2D eigenvalue weighted by Crippen LogP contribution is 2.28. The van der Waals surface area contributed by atoms with E-state index in [2.05, 4.69) is 163 Å². The minimum absolute atomic E-state index is 0.188. The molecule has 0 atom stereocenters. The van der Waals surface area contributed by atoms with Gasteiger partial charge in [-0.05, 0) is 97.0 Å². The molecular formula is C43H33BN2Si. The third-order valence-corrected chi connectivity index (χ3v) is 15.2.